The fourth-order valence-corrected chi connectivity index (χ4v) is 4.99. The quantitative estimate of drug-likeness (QED) is 0.846. The van der Waals surface area contributed by atoms with Gasteiger partial charge in [-0.3, -0.25) is 9.80 Å². The average molecular weight is 332 g/mol. The van der Waals surface area contributed by atoms with Crippen LogP contribution in [-0.4, -0.2) is 58.8 Å². The Morgan fingerprint density at radius 1 is 1.17 bits per heavy atom. The van der Waals surface area contributed by atoms with E-state index >= 15 is 0 Å². The van der Waals surface area contributed by atoms with E-state index in [4.69, 9.17) is 4.74 Å². The Kier molecular flexibility index (Phi) is 4.72. The third-order valence-corrected chi connectivity index (χ3v) is 6.53. The van der Waals surface area contributed by atoms with Crippen LogP contribution in [0, 0.1) is 13.8 Å². The van der Waals surface area contributed by atoms with Crippen LogP contribution in [-0.2, 0) is 17.8 Å². The number of fused-ring (bicyclic) bond motifs is 1. The number of nitrogens with zero attached hydrogens (tertiary/aromatic N) is 3. The summed E-state index contributed by atoms with van der Waals surface area (Å²) < 4.78 is 8.34. The predicted octanol–water partition coefficient (Wildman–Crippen LogP) is 2.95. The Morgan fingerprint density at radius 3 is 2.83 bits per heavy atom. The minimum absolute atomic E-state index is 0.420. The maximum Gasteiger partial charge on any atom is 0.0754 e. The molecule has 0 N–H and O–H groups in total. The first-order valence-corrected chi connectivity index (χ1v) is 9.87. The normalized spacial score (nSPS) is 31.7. The summed E-state index contributed by atoms with van der Waals surface area (Å²) in [6.45, 7) is 13.9. The first-order valence-electron chi connectivity index (χ1n) is 9.87. The third-order valence-electron chi connectivity index (χ3n) is 6.53. The number of piperazine rings is 1. The van der Waals surface area contributed by atoms with E-state index < -0.39 is 0 Å². The first-order chi connectivity index (χ1) is 11.6. The van der Waals surface area contributed by atoms with Gasteiger partial charge in [-0.2, -0.15) is 0 Å². The monoisotopic (exact) mass is 331 g/mol. The van der Waals surface area contributed by atoms with Gasteiger partial charge in [0.15, 0.2) is 0 Å². The highest BCUT2D eigenvalue weighted by molar-refractivity contribution is 5.27. The highest BCUT2D eigenvalue weighted by Gasteiger charge is 2.34. The molecule has 0 bridgehead atoms. The zero-order valence-electron chi connectivity index (χ0n) is 15.6. The molecule has 3 aliphatic heterocycles. The first kappa shape index (κ1) is 16.6. The van der Waals surface area contributed by atoms with Crippen molar-refractivity contribution in [1.29, 1.82) is 0 Å². The molecule has 3 aliphatic rings. The molecule has 2 unspecified atom stereocenters. The smallest absolute Gasteiger partial charge is 0.0754 e. The summed E-state index contributed by atoms with van der Waals surface area (Å²) in [5.74, 6) is 0. The van der Waals surface area contributed by atoms with Crippen LogP contribution in [0.2, 0.25) is 0 Å². The molecule has 4 nitrogen and oxygen atoms in total. The summed E-state index contributed by atoms with van der Waals surface area (Å²) in [7, 11) is 0. The van der Waals surface area contributed by atoms with E-state index in [-0.39, 0.29) is 0 Å². The van der Waals surface area contributed by atoms with Crippen LogP contribution >= 0.6 is 0 Å². The van der Waals surface area contributed by atoms with Crippen molar-refractivity contribution in [2.45, 2.75) is 77.7 Å². The minimum atomic E-state index is 0.420. The Labute approximate surface area is 146 Å². The van der Waals surface area contributed by atoms with Crippen molar-refractivity contribution in [2.24, 2.45) is 0 Å². The number of hydrogen-bond acceptors (Lipinski definition) is 3. The molecule has 0 aromatic carbocycles. The third kappa shape index (κ3) is 3.16. The number of rotatable bonds is 4. The molecule has 24 heavy (non-hydrogen) atoms. The number of ether oxygens (including phenoxy) is 1. The molecule has 0 radical (unpaired) electrons. The maximum atomic E-state index is 5.85. The molecule has 4 heteroatoms. The van der Waals surface area contributed by atoms with Gasteiger partial charge >= 0.3 is 0 Å². The highest BCUT2D eigenvalue weighted by Crippen LogP contribution is 2.27. The minimum Gasteiger partial charge on any atom is -0.376 e. The van der Waals surface area contributed by atoms with Crippen LogP contribution in [0.25, 0.3) is 0 Å². The van der Waals surface area contributed by atoms with Gasteiger partial charge in [0.2, 0.25) is 0 Å². The second-order valence-electron chi connectivity index (χ2n) is 8.21. The van der Waals surface area contributed by atoms with Crippen LogP contribution < -0.4 is 0 Å². The van der Waals surface area contributed by atoms with Gasteiger partial charge in [0.05, 0.1) is 6.10 Å². The van der Waals surface area contributed by atoms with Crippen LogP contribution in [0.4, 0.5) is 0 Å². The second kappa shape index (κ2) is 6.81. The summed E-state index contributed by atoms with van der Waals surface area (Å²) in [6, 6.07) is 3.88. The zero-order chi connectivity index (χ0) is 16.7. The Hall–Kier alpha value is -0.840. The Bertz CT molecular complexity index is 576. The van der Waals surface area contributed by atoms with Gasteiger partial charge in [0.1, 0.15) is 0 Å². The molecule has 1 aromatic rings. The predicted molar refractivity (Wildman–Crippen MR) is 97.3 cm³/mol. The molecular weight excluding hydrogens is 298 g/mol. The van der Waals surface area contributed by atoms with E-state index in [1.807, 2.05) is 0 Å². The lowest BCUT2D eigenvalue weighted by Crippen LogP contribution is -2.54. The fourth-order valence-electron chi connectivity index (χ4n) is 4.99. The van der Waals surface area contributed by atoms with E-state index in [0.29, 0.717) is 12.1 Å². The maximum absolute atomic E-state index is 5.85. The Balaban J connectivity index is 1.46. The second-order valence-corrected chi connectivity index (χ2v) is 8.21. The summed E-state index contributed by atoms with van der Waals surface area (Å²) >= 11 is 0. The van der Waals surface area contributed by atoms with Crippen molar-refractivity contribution >= 4 is 0 Å². The molecule has 3 atom stereocenters. The van der Waals surface area contributed by atoms with Gasteiger partial charge in [-0.1, -0.05) is 0 Å². The molecular formula is C20H33N3O. The van der Waals surface area contributed by atoms with Crippen molar-refractivity contribution in [1.82, 2.24) is 14.4 Å². The molecule has 3 fully saturated rings. The fraction of sp³-hybridized carbons (Fsp3) is 0.800. The van der Waals surface area contributed by atoms with Gasteiger partial charge in [-0.25, -0.2) is 0 Å². The van der Waals surface area contributed by atoms with Gasteiger partial charge in [0, 0.05) is 56.3 Å². The molecule has 134 valence electrons. The molecule has 0 amide bonds. The van der Waals surface area contributed by atoms with Crippen LogP contribution in [0.1, 0.15) is 49.6 Å². The van der Waals surface area contributed by atoms with Crippen molar-refractivity contribution in [3.8, 4) is 0 Å². The van der Waals surface area contributed by atoms with Gasteiger partial charge < -0.3 is 9.30 Å². The number of aromatic nitrogens is 1. The van der Waals surface area contributed by atoms with E-state index in [9.17, 15) is 0 Å². The topological polar surface area (TPSA) is 20.6 Å². The van der Waals surface area contributed by atoms with Crippen LogP contribution in [0.15, 0.2) is 6.07 Å². The van der Waals surface area contributed by atoms with Crippen LogP contribution in [0.5, 0.6) is 0 Å². The molecule has 0 saturated carbocycles. The van der Waals surface area contributed by atoms with Crippen molar-refractivity contribution in [3.63, 3.8) is 0 Å². The molecule has 0 spiro atoms. The SMILES string of the molecule is Cc1cc(CN2CC3CCCN3C[C@@H]2C)c(C)n1CC1CCCO1. The Morgan fingerprint density at radius 2 is 2.04 bits per heavy atom. The van der Waals surface area contributed by atoms with Crippen molar-refractivity contribution in [2.75, 3.05) is 26.2 Å². The summed E-state index contributed by atoms with van der Waals surface area (Å²) in [6.07, 6.45) is 5.64. The van der Waals surface area contributed by atoms with Gasteiger partial charge in [0.25, 0.3) is 0 Å². The van der Waals surface area contributed by atoms with E-state index in [2.05, 4.69) is 41.2 Å². The summed E-state index contributed by atoms with van der Waals surface area (Å²) in [5.41, 5.74) is 4.36. The molecule has 4 rings (SSSR count). The largest absolute Gasteiger partial charge is 0.376 e. The molecule has 4 heterocycles. The van der Waals surface area contributed by atoms with Crippen molar-refractivity contribution in [3.05, 3.63) is 23.0 Å². The summed E-state index contributed by atoms with van der Waals surface area (Å²) in [4.78, 5) is 5.42. The average Bonchev–Trinajstić information content (AvgIpc) is 3.26. The van der Waals surface area contributed by atoms with Gasteiger partial charge in [-0.15, -0.1) is 0 Å². The summed E-state index contributed by atoms with van der Waals surface area (Å²) in [5, 5.41) is 0. The van der Waals surface area contributed by atoms with E-state index in [1.165, 1.54) is 62.3 Å². The van der Waals surface area contributed by atoms with Crippen LogP contribution in [0.3, 0.4) is 0 Å². The van der Waals surface area contributed by atoms with E-state index in [1.54, 1.807) is 0 Å². The zero-order valence-corrected chi connectivity index (χ0v) is 15.6. The number of aryl methyl sites for hydroxylation is 1. The lowest BCUT2D eigenvalue weighted by Gasteiger charge is -2.42. The van der Waals surface area contributed by atoms with Crippen molar-refractivity contribution < 1.29 is 4.74 Å². The molecule has 0 aliphatic carbocycles. The standard InChI is InChI=1S/C20H33N3O/c1-15-10-18(17(3)23(15)14-20-7-5-9-24-20)12-22-13-19-6-4-8-21(19)11-16(22)2/h10,16,19-20H,4-9,11-14H2,1-3H3/t16-,19?,20?/m0/s1. The number of hydrogen-bond donors (Lipinski definition) is 0. The van der Waals surface area contributed by atoms with E-state index in [0.717, 1.165) is 25.7 Å². The lowest BCUT2D eigenvalue weighted by atomic mass is 10.1. The molecule has 1 aromatic heterocycles. The highest BCUT2D eigenvalue weighted by atomic mass is 16.5. The lowest BCUT2D eigenvalue weighted by molar-refractivity contribution is 0.0538. The van der Waals surface area contributed by atoms with Gasteiger partial charge in [-0.05, 0) is 64.6 Å². The molecule has 3 saturated heterocycles.